The summed E-state index contributed by atoms with van der Waals surface area (Å²) in [5, 5.41) is 0.845. The minimum atomic E-state index is -0.0268. The van der Waals surface area contributed by atoms with E-state index < -0.39 is 0 Å². The van der Waals surface area contributed by atoms with E-state index in [1.807, 2.05) is 48.2 Å². The molecule has 4 aromatic rings. The van der Waals surface area contributed by atoms with Crippen LogP contribution in [0.4, 0.5) is 0 Å². The highest BCUT2D eigenvalue weighted by molar-refractivity contribution is 7.24. The number of hydrogen-bond donors (Lipinski definition) is 1. The minimum Gasteiger partial charge on any atom is -0.340 e. The van der Waals surface area contributed by atoms with E-state index in [9.17, 15) is 4.79 Å². The van der Waals surface area contributed by atoms with Crippen molar-refractivity contribution in [2.75, 3.05) is 6.54 Å². The van der Waals surface area contributed by atoms with Crippen LogP contribution < -0.4 is 0 Å². The van der Waals surface area contributed by atoms with Crippen LogP contribution in [0.1, 0.15) is 40.1 Å². The van der Waals surface area contributed by atoms with Gasteiger partial charge in [0.05, 0.1) is 32.0 Å². The number of aromatic amines is 1. The lowest BCUT2D eigenvalue weighted by Crippen LogP contribution is -2.31. The Morgan fingerprint density at radius 2 is 2.07 bits per heavy atom. The number of aromatic nitrogens is 3. The highest BCUT2D eigenvalue weighted by atomic mass is 35.5. The van der Waals surface area contributed by atoms with E-state index in [2.05, 4.69) is 9.97 Å². The van der Waals surface area contributed by atoms with Crippen molar-refractivity contribution < 1.29 is 4.79 Å². The Balaban J connectivity index is 1.46. The molecule has 4 heterocycles. The first-order valence-electron chi connectivity index (χ1n) is 9.09. The number of carbonyl (C=O) groups excluding carboxylic acids is 1. The van der Waals surface area contributed by atoms with E-state index in [1.165, 1.54) is 22.7 Å². The molecule has 28 heavy (non-hydrogen) atoms. The number of fused-ring (bicyclic) bond motifs is 1. The number of H-pyrrole nitrogens is 1. The smallest absolute Gasteiger partial charge is 0.266 e. The average Bonchev–Trinajstić information content (AvgIpc) is 3.46. The Morgan fingerprint density at radius 3 is 2.86 bits per heavy atom. The summed E-state index contributed by atoms with van der Waals surface area (Å²) >= 11 is 8.98. The number of benzene rings is 1. The number of likely N-dealkylation sites (tertiary alicyclic amines) is 1. The van der Waals surface area contributed by atoms with Crippen molar-refractivity contribution in [2.45, 2.75) is 25.8 Å². The Bertz CT molecular complexity index is 1150. The summed E-state index contributed by atoms with van der Waals surface area (Å²) in [5.41, 5.74) is 2.70. The molecule has 142 valence electrons. The van der Waals surface area contributed by atoms with Crippen LogP contribution in [-0.4, -0.2) is 32.3 Å². The summed E-state index contributed by atoms with van der Waals surface area (Å²) < 4.78 is 0.722. The quantitative estimate of drug-likeness (QED) is 0.456. The third kappa shape index (κ3) is 3.03. The number of aryl methyl sites for hydroxylation is 1. The molecule has 0 aliphatic carbocycles. The predicted molar refractivity (Wildman–Crippen MR) is 114 cm³/mol. The molecule has 1 aliphatic rings. The van der Waals surface area contributed by atoms with E-state index in [4.69, 9.17) is 16.6 Å². The first kappa shape index (κ1) is 17.8. The van der Waals surface area contributed by atoms with Crippen molar-refractivity contribution in [3.63, 3.8) is 0 Å². The van der Waals surface area contributed by atoms with Gasteiger partial charge < -0.3 is 9.88 Å². The van der Waals surface area contributed by atoms with E-state index in [0.29, 0.717) is 4.88 Å². The number of amides is 1. The standard InChI is InChI=1S/C20H17ClN4OS2/c1-11-17(28-19(22-11)15-8-9-16(21)27-15)20(26)25-10-4-7-14(25)18-23-12-5-2-3-6-13(12)24-18/h2-3,5-6,8-9,14H,4,7,10H2,1H3,(H,23,24). The number of hydrogen-bond acceptors (Lipinski definition) is 5. The number of thiazole rings is 1. The SMILES string of the molecule is Cc1nc(-c2ccc(Cl)s2)sc1C(=O)N1CCCC1c1nc2ccccc2[nH]1. The van der Waals surface area contributed by atoms with Crippen LogP contribution in [0.25, 0.3) is 20.9 Å². The maximum atomic E-state index is 13.3. The molecule has 1 N–H and O–H groups in total. The molecule has 1 aromatic carbocycles. The molecule has 1 amide bonds. The van der Waals surface area contributed by atoms with Gasteiger partial charge in [0.2, 0.25) is 0 Å². The normalized spacial score (nSPS) is 16.9. The second-order valence-electron chi connectivity index (χ2n) is 6.83. The molecule has 0 spiro atoms. The summed E-state index contributed by atoms with van der Waals surface area (Å²) in [5.74, 6) is 0.895. The van der Waals surface area contributed by atoms with Gasteiger partial charge in [-0.2, -0.15) is 0 Å². The van der Waals surface area contributed by atoms with Gasteiger partial charge in [-0.15, -0.1) is 22.7 Å². The number of nitrogens with one attached hydrogen (secondary N) is 1. The van der Waals surface area contributed by atoms with Crippen LogP contribution in [0.2, 0.25) is 4.34 Å². The average molecular weight is 429 g/mol. The largest absolute Gasteiger partial charge is 0.340 e. The van der Waals surface area contributed by atoms with Crippen molar-refractivity contribution in [2.24, 2.45) is 0 Å². The molecule has 0 radical (unpaired) electrons. The molecule has 1 atom stereocenters. The lowest BCUT2D eigenvalue weighted by atomic mass is 10.2. The summed E-state index contributed by atoms with van der Waals surface area (Å²) in [7, 11) is 0. The molecule has 8 heteroatoms. The summed E-state index contributed by atoms with van der Waals surface area (Å²) in [6.07, 6.45) is 1.88. The van der Waals surface area contributed by atoms with E-state index in [1.54, 1.807) is 0 Å². The lowest BCUT2D eigenvalue weighted by molar-refractivity contribution is 0.0734. The minimum absolute atomic E-state index is 0.0268. The Morgan fingerprint density at radius 1 is 1.21 bits per heavy atom. The molecule has 5 rings (SSSR count). The van der Waals surface area contributed by atoms with Crippen molar-refractivity contribution in [1.82, 2.24) is 19.9 Å². The number of halogens is 1. The van der Waals surface area contributed by atoms with E-state index >= 15 is 0 Å². The zero-order chi connectivity index (χ0) is 19.3. The third-order valence-electron chi connectivity index (χ3n) is 5.01. The zero-order valence-electron chi connectivity index (χ0n) is 15.1. The molecule has 1 fully saturated rings. The summed E-state index contributed by atoms with van der Waals surface area (Å²) in [6.45, 7) is 2.63. The molecule has 1 unspecified atom stereocenters. The maximum absolute atomic E-state index is 13.3. The second-order valence-corrected chi connectivity index (χ2v) is 9.55. The topological polar surface area (TPSA) is 61.9 Å². The van der Waals surface area contributed by atoms with Gasteiger partial charge in [0.15, 0.2) is 0 Å². The fraction of sp³-hybridized carbons (Fsp3) is 0.250. The van der Waals surface area contributed by atoms with Gasteiger partial charge in [0.25, 0.3) is 5.91 Å². The number of para-hydroxylation sites is 2. The number of nitrogens with zero attached hydrogens (tertiary/aromatic N) is 3. The monoisotopic (exact) mass is 428 g/mol. The van der Waals surface area contributed by atoms with Crippen LogP contribution in [0.3, 0.4) is 0 Å². The molecule has 5 nitrogen and oxygen atoms in total. The van der Waals surface area contributed by atoms with Gasteiger partial charge in [-0.1, -0.05) is 23.7 Å². The van der Waals surface area contributed by atoms with Crippen molar-refractivity contribution >= 4 is 51.2 Å². The number of thiophene rings is 1. The summed E-state index contributed by atoms with van der Waals surface area (Å²) in [6, 6.07) is 11.7. The molecular weight excluding hydrogens is 412 g/mol. The highest BCUT2D eigenvalue weighted by Gasteiger charge is 2.34. The van der Waals surface area contributed by atoms with Gasteiger partial charge >= 0.3 is 0 Å². The summed E-state index contributed by atoms with van der Waals surface area (Å²) in [4.78, 5) is 29.7. The molecule has 1 saturated heterocycles. The number of imidazole rings is 1. The van der Waals surface area contributed by atoms with Gasteiger partial charge in [0.1, 0.15) is 15.7 Å². The fourth-order valence-corrected chi connectivity index (χ4v) is 5.80. The van der Waals surface area contributed by atoms with E-state index in [-0.39, 0.29) is 11.9 Å². The van der Waals surface area contributed by atoms with Crippen molar-refractivity contribution in [3.8, 4) is 9.88 Å². The lowest BCUT2D eigenvalue weighted by Gasteiger charge is -2.22. The first-order chi connectivity index (χ1) is 13.6. The predicted octanol–water partition coefficient (Wildman–Crippen LogP) is 5.69. The van der Waals surface area contributed by atoms with Gasteiger partial charge in [-0.05, 0) is 44.0 Å². The fourth-order valence-electron chi connectivity index (χ4n) is 3.68. The zero-order valence-corrected chi connectivity index (χ0v) is 17.5. The Labute approximate surface area is 175 Å². The molecule has 0 saturated carbocycles. The maximum Gasteiger partial charge on any atom is 0.266 e. The molecular formula is C20H17ClN4OS2. The Hall–Kier alpha value is -2.22. The molecule has 3 aromatic heterocycles. The van der Waals surface area contributed by atoms with Gasteiger partial charge in [-0.3, -0.25) is 4.79 Å². The van der Waals surface area contributed by atoms with Crippen LogP contribution in [0.15, 0.2) is 36.4 Å². The van der Waals surface area contributed by atoms with E-state index in [0.717, 1.165) is 56.2 Å². The first-order valence-corrected chi connectivity index (χ1v) is 11.1. The van der Waals surface area contributed by atoms with Crippen LogP contribution in [-0.2, 0) is 0 Å². The highest BCUT2D eigenvalue weighted by Crippen LogP contribution is 2.38. The van der Waals surface area contributed by atoms with Crippen LogP contribution >= 0.6 is 34.3 Å². The van der Waals surface area contributed by atoms with Crippen LogP contribution in [0, 0.1) is 6.92 Å². The van der Waals surface area contributed by atoms with Crippen molar-refractivity contribution in [1.29, 1.82) is 0 Å². The molecule has 1 aliphatic heterocycles. The van der Waals surface area contributed by atoms with Gasteiger partial charge in [-0.25, -0.2) is 9.97 Å². The molecule has 0 bridgehead atoms. The Kier molecular flexibility index (Phi) is 4.45. The van der Waals surface area contributed by atoms with Crippen molar-refractivity contribution in [3.05, 3.63) is 57.1 Å². The van der Waals surface area contributed by atoms with Gasteiger partial charge in [0, 0.05) is 6.54 Å². The number of rotatable bonds is 3. The number of carbonyl (C=O) groups is 1. The second kappa shape index (κ2) is 6.99. The third-order valence-corrected chi connectivity index (χ3v) is 7.56. The van der Waals surface area contributed by atoms with Crippen LogP contribution in [0.5, 0.6) is 0 Å².